The van der Waals surface area contributed by atoms with Crippen molar-refractivity contribution in [2.24, 2.45) is 0 Å². The number of methoxy groups -OCH3 is 1. The van der Waals surface area contributed by atoms with E-state index in [0.717, 1.165) is 33.6 Å². The van der Waals surface area contributed by atoms with Crippen molar-refractivity contribution in [1.29, 1.82) is 0 Å². The number of rotatable bonds is 6. The minimum Gasteiger partial charge on any atom is -0.496 e. The molecule has 156 valence electrons. The number of amides is 3. The molecule has 0 spiro atoms. The third kappa shape index (κ3) is 5.81. The van der Waals surface area contributed by atoms with E-state index >= 15 is 0 Å². The number of nitrogens with one attached hydrogen (secondary N) is 2. The van der Waals surface area contributed by atoms with Gasteiger partial charge < -0.3 is 10.1 Å². The maximum atomic E-state index is 12.5. The quantitative estimate of drug-likeness (QED) is 0.770. The summed E-state index contributed by atoms with van der Waals surface area (Å²) in [5.41, 5.74) is 5.95. The summed E-state index contributed by atoms with van der Waals surface area (Å²) in [6, 6.07) is 8.84. The maximum absolute atomic E-state index is 12.5. The highest BCUT2D eigenvalue weighted by atomic mass is 16.5. The van der Waals surface area contributed by atoms with Gasteiger partial charge in [0.2, 0.25) is 5.91 Å². The van der Waals surface area contributed by atoms with Crippen molar-refractivity contribution in [2.75, 3.05) is 19.5 Å². The highest BCUT2D eigenvalue weighted by Gasteiger charge is 2.21. The molecule has 0 radical (unpaired) electrons. The molecule has 0 saturated carbocycles. The summed E-state index contributed by atoms with van der Waals surface area (Å²) in [5.74, 6) is 0.530. The minimum absolute atomic E-state index is 0.350. The first-order valence-corrected chi connectivity index (χ1v) is 9.65. The summed E-state index contributed by atoms with van der Waals surface area (Å²) < 4.78 is 5.41. The number of benzene rings is 2. The SMILES string of the molecule is COc1c(C)cc(CN(C)C(C)C(=O)NC(=O)Nc2ccc(C)cc2C)cc1C. The fourth-order valence-corrected chi connectivity index (χ4v) is 3.40. The van der Waals surface area contributed by atoms with E-state index in [-0.39, 0.29) is 5.91 Å². The Kier molecular flexibility index (Phi) is 7.40. The number of urea groups is 1. The van der Waals surface area contributed by atoms with Crippen LogP contribution in [0.15, 0.2) is 30.3 Å². The van der Waals surface area contributed by atoms with Crippen LogP contribution in [0.5, 0.6) is 5.75 Å². The molecule has 29 heavy (non-hydrogen) atoms. The molecule has 0 heterocycles. The molecule has 6 heteroatoms. The summed E-state index contributed by atoms with van der Waals surface area (Å²) in [4.78, 5) is 26.6. The Bertz CT molecular complexity index is 885. The van der Waals surface area contributed by atoms with Gasteiger partial charge in [0.25, 0.3) is 0 Å². The highest BCUT2D eigenvalue weighted by Crippen LogP contribution is 2.25. The van der Waals surface area contributed by atoms with Crippen molar-refractivity contribution >= 4 is 17.6 Å². The number of hydrogen-bond acceptors (Lipinski definition) is 4. The van der Waals surface area contributed by atoms with Crippen LogP contribution in [0.2, 0.25) is 0 Å². The van der Waals surface area contributed by atoms with Gasteiger partial charge in [-0.25, -0.2) is 4.79 Å². The first-order chi connectivity index (χ1) is 13.6. The lowest BCUT2D eigenvalue weighted by Crippen LogP contribution is -2.46. The smallest absolute Gasteiger partial charge is 0.325 e. The third-order valence-electron chi connectivity index (χ3n) is 5.06. The van der Waals surface area contributed by atoms with Crippen LogP contribution in [0.1, 0.15) is 34.7 Å². The van der Waals surface area contributed by atoms with E-state index in [1.807, 2.05) is 57.8 Å². The molecule has 6 nitrogen and oxygen atoms in total. The molecule has 2 N–H and O–H groups in total. The first kappa shape index (κ1) is 22.4. The number of imide groups is 1. The Morgan fingerprint density at radius 1 is 1.03 bits per heavy atom. The fraction of sp³-hybridized carbons (Fsp3) is 0.391. The molecule has 3 amide bonds. The molecule has 2 rings (SSSR count). The number of hydrogen-bond donors (Lipinski definition) is 2. The van der Waals surface area contributed by atoms with Crippen LogP contribution >= 0.6 is 0 Å². The Hall–Kier alpha value is -2.86. The molecule has 2 aromatic carbocycles. The Balaban J connectivity index is 1.97. The maximum Gasteiger partial charge on any atom is 0.325 e. The van der Waals surface area contributed by atoms with E-state index in [1.54, 1.807) is 14.0 Å². The second kappa shape index (κ2) is 9.56. The van der Waals surface area contributed by atoms with Crippen molar-refractivity contribution in [1.82, 2.24) is 10.2 Å². The summed E-state index contributed by atoms with van der Waals surface area (Å²) in [6.45, 7) is 10.3. The van der Waals surface area contributed by atoms with Crippen LogP contribution in [-0.2, 0) is 11.3 Å². The monoisotopic (exact) mass is 397 g/mol. The molecule has 0 fully saturated rings. The van der Waals surface area contributed by atoms with Crippen LogP contribution in [0, 0.1) is 27.7 Å². The second-order valence-corrected chi connectivity index (χ2v) is 7.62. The van der Waals surface area contributed by atoms with Crippen LogP contribution in [0.25, 0.3) is 0 Å². The van der Waals surface area contributed by atoms with Gasteiger partial charge in [-0.05, 0) is 70.0 Å². The van der Waals surface area contributed by atoms with Crippen molar-refractivity contribution in [2.45, 2.75) is 47.2 Å². The average molecular weight is 398 g/mol. The normalized spacial score (nSPS) is 11.9. The van der Waals surface area contributed by atoms with Crippen molar-refractivity contribution < 1.29 is 14.3 Å². The molecule has 0 aliphatic heterocycles. The summed E-state index contributed by atoms with van der Waals surface area (Å²) >= 11 is 0. The molecule has 0 aliphatic carbocycles. The van der Waals surface area contributed by atoms with Crippen molar-refractivity contribution in [3.8, 4) is 5.75 Å². The van der Waals surface area contributed by atoms with Gasteiger partial charge in [0.1, 0.15) is 5.75 Å². The number of anilines is 1. The van der Waals surface area contributed by atoms with E-state index in [2.05, 4.69) is 22.8 Å². The van der Waals surface area contributed by atoms with Crippen molar-refractivity contribution in [3.05, 3.63) is 58.1 Å². The predicted octanol–water partition coefficient (Wildman–Crippen LogP) is 4.10. The standard InChI is InChI=1S/C23H31N3O3/c1-14-8-9-20(15(2)10-14)24-23(28)25-22(27)18(5)26(6)13-19-11-16(3)21(29-7)17(4)12-19/h8-12,18H,13H2,1-7H3,(H2,24,25,27,28). The third-order valence-corrected chi connectivity index (χ3v) is 5.06. The van der Waals surface area contributed by atoms with Gasteiger partial charge >= 0.3 is 6.03 Å². The Morgan fingerprint density at radius 2 is 1.66 bits per heavy atom. The van der Waals surface area contributed by atoms with Crippen LogP contribution in [0.3, 0.4) is 0 Å². The van der Waals surface area contributed by atoms with Gasteiger partial charge in [0.15, 0.2) is 0 Å². The van der Waals surface area contributed by atoms with Crippen LogP contribution in [-0.4, -0.2) is 37.0 Å². The molecule has 0 saturated heterocycles. The van der Waals surface area contributed by atoms with Crippen LogP contribution in [0.4, 0.5) is 10.5 Å². The number of carbonyl (C=O) groups excluding carboxylic acids is 2. The van der Waals surface area contributed by atoms with Crippen LogP contribution < -0.4 is 15.4 Å². The lowest BCUT2D eigenvalue weighted by molar-refractivity contribution is -0.124. The zero-order chi connectivity index (χ0) is 21.7. The molecule has 0 aliphatic rings. The van der Waals surface area contributed by atoms with Gasteiger partial charge in [-0.2, -0.15) is 0 Å². The average Bonchev–Trinajstić information content (AvgIpc) is 2.63. The zero-order valence-electron chi connectivity index (χ0n) is 18.3. The van der Waals surface area contributed by atoms with E-state index in [1.165, 1.54) is 0 Å². The molecule has 1 unspecified atom stereocenters. The number of ether oxygens (including phenoxy) is 1. The molecule has 0 aromatic heterocycles. The van der Waals surface area contributed by atoms with E-state index in [0.29, 0.717) is 12.2 Å². The second-order valence-electron chi connectivity index (χ2n) is 7.62. The summed E-state index contributed by atoms with van der Waals surface area (Å²) in [7, 11) is 3.53. The Labute approximate surface area is 173 Å². The minimum atomic E-state index is -0.529. The fourth-order valence-electron chi connectivity index (χ4n) is 3.40. The largest absolute Gasteiger partial charge is 0.496 e. The van der Waals surface area contributed by atoms with E-state index in [4.69, 9.17) is 4.74 Å². The lowest BCUT2D eigenvalue weighted by Gasteiger charge is -2.24. The van der Waals surface area contributed by atoms with E-state index in [9.17, 15) is 9.59 Å². The molecular formula is C23H31N3O3. The lowest BCUT2D eigenvalue weighted by atomic mass is 10.0. The van der Waals surface area contributed by atoms with Gasteiger partial charge in [-0.3, -0.25) is 15.0 Å². The highest BCUT2D eigenvalue weighted by molar-refractivity contribution is 6.03. The van der Waals surface area contributed by atoms with Gasteiger partial charge in [0, 0.05) is 12.2 Å². The van der Waals surface area contributed by atoms with E-state index < -0.39 is 12.1 Å². The predicted molar refractivity (Wildman–Crippen MR) is 116 cm³/mol. The van der Waals surface area contributed by atoms with Gasteiger partial charge in [-0.1, -0.05) is 29.8 Å². The summed E-state index contributed by atoms with van der Waals surface area (Å²) in [6.07, 6.45) is 0. The molecule has 1 atom stereocenters. The number of aryl methyl sites for hydroxylation is 4. The number of carbonyl (C=O) groups is 2. The number of nitrogens with zero attached hydrogens (tertiary/aromatic N) is 1. The van der Waals surface area contributed by atoms with Gasteiger partial charge in [0.05, 0.1) is 13.2 Å². The topological polar surface area (TPSA) is 70.7 Å². The Morgan fingerprint density at radius 3 is 2.21 bits per heavy atom. The van der Waals surface area contributed by atoms with Gasteiger partial charge in [-0.15, -0.1) is 0 Å². The molecule has 2 aromatic rings. The first-order valence-electron chi connectivity index (χ1n) is 9.65. The summed E-state index contributed by atoms with van der Waals surface area (Å²) in [5, 5.41) is 5.16. The molecular weight excluding hydrogens is 366 g/mol. The zero-order valence-corrected chi connectivity index (χ0v) is 18.3. The van der Waals surface area contributed by atoms with Crippen molar-refractivity contribution in [3.63, 3.8) is 0 Å². The number of likely N-dealkylation sites (N-methyl/N-ethyl adjacent to an activating group) is 1. The molecule has 0 bridgehead atoms.